The van der Waals surface area contributed by atoms with Crippen molar-refractivity contribution in [3.8, 4) is 0 Å². The molecule has 1 amide bonds. The van der Waals surface area contributed by atoms with E-state index in [0.29, 0.717) is 0 Å². The Morgan fingerprint density at radius 2 is 2.14 bits per heavy atom. The molecule has 1 aliphatic heterocycles. The molecule has 0 radical (unpaired) electrons. The Morgan fingerprint density at radius 1 is 1.43 bits per heavy atom. The molecule has 1 aliphatic rings. The van der Waals surface area contributed by atoms with E-state index in [1.807, 2.05) is 37.2 Å². The zero-order valence-corrected chi connectivity index (χ0v) is 8.24. The lowest BCUT2D eigenvalue weighted by Gasteiger charge is -2.13. The quantitative estimate of drug-likeness (QED) is 0.687. The lowest BCUT2D eigenvalue weighted by molar-refractivity contribution is -0.116. The van der Waals surface area contributed by atoms with Crippen LogP contribution in [0.25, 0.3) is 0 Å². The van der Waals surface area contributed by atoms with Crippen LogP contribution < -0.4 is 16.0 Å². The van der Waals surface area contributed by atoms with Crippen LogP contribution in [0.3, 0.4) is 0 Å². The molecule has 3 N–H and O–H groups in total. The highest BCUT2D eigenvalue weighted by atomic mass is 16.2. The van der Waals surface area contributed by atoms with Crippen LogP contribution in [0, 0.1) is 0 Å². The number of hydrogen-bond acceptors (Lipinski definition) is 3. The van der Waals surface area contributed by atoms with Crippen LogP contribution in [-0.2, 0) is 4.79 Å². The van der Waals surface area contributed by atoms with Crippen molar-refractivity contribution in [3.63, 3.8) is 0 Å². The molecule has 4 heteroatoms. The summed E-state index contributed by atoms with van der Waals surface area (Å²) < 4.78 is 0. The van der Waals surface area contributed by atoms with Crippen LogP contribution in [-0.4, -0.2) is 20.0 Å². The third-order valence-electron chi connectivity index (χ3n) is 2.43. The number of carbonyl (C=O) groups is 1. The minimum atomic E-state index is -0.513. The molecule has 0 aliphatic carbocycles. The molecule has 14 heavy (non-hydrogen) atoms. The summed E-state index contributed by atoms with van der Waals surface area (Å²) in [6, 6.07) is 5.27. The highest BCUT2D eigenvalue weighted by molar-refractivity contribution is 6.02. The van der Waals surface area contributed by atoms with E-state index in [2.05, 4.69) is 5.32 Å². The maximum absolute atomic E-state index is 11.3. The minimum absolute atomic E-state index is 0.129. The SMILES string of the molecule is CN(C)c1ccc2c(c1)NC(=O)C2N. The van der Waals surface area contributed by atoms with Crippen molar-refractivity contribution in [1.82, 2.24) is 0 Å². The number of fused-ring (bicyclic) bond motifs is 1. The molecule has 0 saturated carbocycles. The van der Waals surface area contributed by atoms with Gasteiger partial charge in [0.1, 0.15) is 6.04 Å². The van der Waals surface area contributed by atoms with Gasteiger partial charge in [-0.3, -0.25) is 4.79 Å². The predicted molar refractivity (Wildman–Crippen MR) is 56.3 cm³/mol. The van der Waals surface area contributed by atoms with Crippen molar-refractivity contribution in [3.05, 3.63) is 23.8 Å². The lowest BCUT2D eigenvalue weighted by Crippen LogP contribution is -2.19. The van der Waals surface area contributed by atoms with Gasteiger partial charge in [-0.25, -0.2) is 0 Å². The van der Waals surface area contributed by atoms with Crippen LogP contribution >= 0.6 is 0 Å². The molecule has 1 atom stereocenters. The molecule has 0 fully saturated rings. The molecule has 1 unspecified atom stereocenters. The maximum Gasteiger partial charge on any atom is 0.245 e. The third kappa shape index (κ3) is 1.24. The smallest absolute Gasteiger partial charge is 0.245 e. The number of rotatable bonds is 1. The van der Waals surface area contributed by atoms with E-state index in [-0.39, 0.29) is 5.91 Å². The van der Waals surface area contributed by atoms with Gasteiger partial charge in [0, 0.05) is 31.0 Å². The topological polar surface area (TPSA) is 58.4 Å². The summed E-state index contributed by atoms with van der Waals surface area (Å²) in [5.41, 5.74) is 8.45. The van der Waals surface area contributed by atoms with Crippen molar-refractivity contribution >= 4 is 17.3 Å². The van der Waals surface area contributed by atoms with Gasteiger partial charge in [0.15, 0.2) is 0 Å². The van der Waals surface area contributed by atoms with E-state index < -0.39 is 6.04 Å². The summed E-state index contributed by atoms with van der Waals surface area (Å²) in [5, 5.41) is 2.75. The van der Waals surface area contributed by atoms with Crippen molar-refractivity contribution < 1.29 is 4.79 Å². The second-order valence-electron chi connectivity index (χ2n) is 3.63. The first-order chi connectivity index (χ1) is 6.59. The summed E-state index contributed by atoms with van der Waals surface area (Å²) in [6.45, 7) is 0. The van der Waals surface area contributed by atoms with Crippen molar-refractivity contribution in [2.45, 2.75) is 6.04 Å². The molecular formula is C10H13N3O. The number of hydrogen-bond donors (Lipinski definition) is 2. The van der Waals surface area contributed by atoms with Gasteiger partial charge in [-0.05, 0) is 12.1 Å². The van der Waals surface area contributed by atoms with Crippen molar-refractivity contribution in [1.29, 1.82) is 0 Å². The zero-order valence-electron chi connectivity index (χ0n) is 8.24. The highest BCUT2D eigenvalue weighted by Gasteiger charge is 2.26. The number of amides is 1. The van der Waals surface area contributed by atoms with Crippen LogP contribution in [0.2, 0.25) is 0 Å². The summed E-state index contributed by atoms with van der Waals surface area (Å²) in [5.74, 6) is -0.129. The first-order valence-corrected chi connectivity index (χ1v) is 4.47. The molecule has 0 aromatic heterocycles. The second-order valence-corrected chi connectivity index (χ2v) is 3.63. The number of benzene rings is 1. The third-order valence-corrected chi connectivity index (χ3v) is 2.43. The van der Waals surface area contributed by atoms with Gasteiger partial charge in [-0.15, -0.1) is 0 Å². The maximum atomic E-state index is 11.3. The molecule has 0 bridgehead atoms. The van der Waals surface area contributed by atoms with E-state index in [1.54, 1.807) is 0 Å². The van der Waals surface area contributed by atoms with Gasteiger partial charge >= 0.3 is 0 Å². The Balaban J connectivity index is 2.44. The van der Waals surface area contributed by atoms with E-state index in [1.165, 1.54) is 0 Å². The van der Waals surface area contributed by atoms with Crippen LogP contribution in [0.5, 0.6) is 0 Å². The highest BCUT2D eigenvalue weighted by Crippen LogP contribution is 2.31. The number of carbonyl (C=O) groups excluding carboxylic acids is 1. The molecule has 74 valence electrons. The van der Waals surface area contributed by atoms with E-state index in [9.17, 15) is 4.79 Å². The number of anilines is 2. The number of nitrogens with one attached hydrogen (secondary N) is 1. The van der Waals surface area contributed by atoms with E-state index in [4.69, 9.17) is 5.73 Å². The van der Waals surface area contributed by atoms with Gasteiger partial charge < -0.3 is 16.0 Å². The normalized spacial score (nSPS) is 19.1. The molecule has 4 nitrogen and oxygen atoms in total. The molecule has 1 aromatic carbocycles. The Hall–Kier alpha value is -1.55. The second kappa shape index (κ2) is 2.99. The van der Waals surface area contributed by atoms with Crippen LogP contribution in [0.15, 0.2) is 18.2 Å². The van der Waals surface area contributed by atoms with Crippen LogP contribution in [0.4, 0.5) is 11.4 Å². The fraction of sp³-hybridized carbons (Fsp3) is 0.300. The molecular weight excluding hydrogens is 178 g/mol. The Kier molecular flexibility index (Phi) is 1.93. The van der Waals surface area contributed by atoms with Gasteiger partial charge in [0.25, 0.3) is 0 Å². The predicted octanol–water partition coefficient (Wildman–Crippen LogP) is 0.705. The fourth-order valence-corrected chi connectivity index (χ4v) is 1.55. The zero-order chi connectivity index (χ0) is 10.3. The number of nitrogens with zero attached hydrogens (tertiary/aromatic N) is 1. The summed E-state index contributed by atoms with van der Waals surface area (Å²) in [7, 11) is 3.91. The first kappa shape index (κ1) is 9.02. The summed E-state index contributed by atoms with van der Waals surface area (Å²) in [6.07, 6.45) is 0. The molecule has 0 saturated heterocycles. The van der Waals surface area contributed by atoms with Crippen LogP contribution in [0.1, 0.15) is 11.6 Å². The molecule has 1 heterocycles. The van der Waals surface area contributed by atoms with Gasteiger partial charge in [-0.2, -0.15) is 0 Å². The average Bonchev–Trinajstić information content (AvgIpc) is 2.42. The largest absolute Gasteiger partial charge is 0.378 e. The van der Waals surface area contributed by atoms with Crippen molar-refractivity contribution in [2.24, 2.45) is 5.73 Å². The molecule has 2 rings (SSSR count). The number of nitrogens with two attached hydrogens (primary N) is 1. The van der Waals surface area contributed by atoms with Gasteiger partial charge in [-0.1, -0.05) is 6.07 Å². The van der Waals surface area contributed by atoms with E-state index in [0.717, 1.165) is 16.9 Å². The Labute approximate surface area is 82.7 Å². The first-order valence-electron chi connectivity index (χ1n) is 4.47. The van der Waals surface area contributed by atoms with Gasteiger partial charge in [0.05, 0.1) is 0 Å². The fourth-order valence-electron chi connectivity index (χ4n) is 1.55. The standard InChI is InChI=1S/C10H13N3O/c1-13(2)6-3-4-7-8(5-6)12-10(14)9(7)11/h3-5,9H,11H2,1-2H3,(H,12,14). The molecule has 0 spiro atoms. The Morgan fingerprint density at radius 3 is 2.79 bits per heavy atom. The lowest BCUT2D eigenvalue weighted by atomic mass is 10.1. The Bertz CT molecular complexity index is 387. The van der Waals surface area contributed by atoms with Gasteiger partial charge in [0.2, 0.25) is 5.91 Å². The monoisotopic (exact) mass is 191 g/mol. The molecule has 1 aromatic rings. The summed E-state index contributed by atoms with van der Waals surface area (Å²) in [4.78, 5) is 13.2. The van der Waals surface area contributed by atoms with Crippen molar-refractivity contribution in [2.75, 3.05) is 24.3 Å². The minimum Gasteiger partial charge on any atom is -0.378 e. The van der Waals surface area contributed by atoms with E-state index >= 15 is 0 Å². The average molecular weight is 191 g/mol. The summed E-state index contributed by atoms with van der Waals surface area (Å²) >= 11 is 0.